The van der Waals surface area contributed by atoms with Crippen LogP contribution in [0.25, 0.3) is 0 Å². The molecule has 0 bridgehead atoms. The highest BCUT2D eigenvalue weighted by Crippen LogP contribution is 2.16. The van der Waals surface area contributed by atoms with Gasteiger partial charge in [-0.05, 0) is 37.1 Å². The summed E-state index contributed by atoms with van der Waals surface area (Å²) in [5, 5.41) is 11.1. The second-order valence-corrected chi connectivity index (χ2v) is 5.17. The minimum Gasteiger partial charge on any atom is -0.491 e. The maximum absolute atomic E-state index is 11.9. The predicted octanol–water partition coefficient (Wildman–Crippen LogP) is 1.08. The number of carbonyl (C=O) groups excluding carboxylic acids is 1. The van der Waals surface area contributed by atoms with Crippen LogP contribution in [0.5, 0.6) is 5.75 Å². The van der Waals surface area contributed by atoms with E-state index in [1.54, 1.807) is 24.3 Å². The highest BCUT2D eigenvalue weighted by atomic mass is 16.5. The molecule has 1 saturated heterocycles. The number of benzene rings is 1. The van der Waals surface area contributed by atoms with Gasteiger partial charge >= 0.3 is 5.97 Å². The molecule has 2 rings (SSSR count). The van der Waals surface area contributed by atoms with Gasteiger partial charge in [0.2, 0.25) is 0 Å². The molecule has 0 aromatic heterocycles. The monoisotopic (exact) mass is 323 g/mol. The van der Waals surface area contributed by atoms with Gasteiger partial charge in [-0.1, -0.05) is 0 Å². The van der Waals surface area contributed by atoms with Crippen molar-refractivity contribution in [3.05, 3.63) is 29.8 Å². The normalized spacial score (nSPS) is 17.0. The molecule has 1 aromatic rings. The van der Waals surface area contributed by atoms with Gasteiger partial charge in [0.1, 0.15) is 19.0 Å². The van der Waals surface area contributed by atoms with Crippen LogP contribution < -0.4 is 10.1 Å². The molecule has 1 heterocycles. The Balaban J connectivity index is 1.68. The smallest absolute Gasteiger partial charge is 0.329 e. The average molecular weight is 323 g/mol. The summed E-state index contributed by atoms with van der Waals surface area (Å²) in [5.41, 5.74) is 0.507. The lowest BCUT2D eigenvalue weighted by atomic mass is 10.2. The Kier molecular flexibility index (Phi) is 6.83. The van der Waals surface area contributed by atoms with E-state index in [1.165, 1.54) is 0 Å². The molecule has 0 aliphatic carbocycles. The molecular weight excluding hydrogens is 302 g/mol. The summed E-state index contributed by atoms with van der Waals surface area (Å²) in [7, 11) is 0. The Labute approximate surface area is 134 Å². The SMILES string of the molecule is O=C(O)COCCNC(=O)c1ccc(OCC2CCCO2)cc1. The fourth-order valence-corrected chi connectivity index (χ4v) is 2.17. The topological polar surface area (TPSA) is 94.1 Å². The van der Waals surface area contributed by atoms with E-state index in [4.69, 9.17) is 19.3 Å². The number of carboxylic acid groups (broad SMARTS) is 1. The Bertz CT molecular complexity index is 510. The first-order chi connectivity index (χ1) is 11.1. The van der Waals surface area contributed by atoms with Gasteiger partial charge in [0.15, 0.2) is 0 Å². The molecule has 1 amide bonds. The summed E-state index contributed by atoms with van der Waals surface area (Å²) >= 11 is 0. The summed E-state index contributed by atoms with van der Waals surface area (Å²) in [6.45, 7) is 1.35. The van der Waals surface area contributed by atoms with Gasteiger partial charge in [-0.15, -0.1) is 0 Å². The van der Waals surface area contributed by atoms with Crippen LogP contribution in [0.3, 0.4) is 0 Å². The largest absolute Gasteiger partial charge is 0.491 e. The second kappa shape index (κ2) is 9.12. The third-order valence-corrected chi connectivity index (χ3v) is 3.33. The third kappa shape index (κ3) is 6.25. The lowest BCUT2D eigenvalue weighted by Gasteiger charge is -2.11. The molecular formula is C16H21NO6. The zero-order chi connectivity index (χ0) is 16.5. The van der Waals surface area contributed by atoms with Gasteiger partial charge in [0.05, 0.1) is 12.7 Å². The van der Waals surface area contributed by atoms with Crippen molar-refractivity contribution in [1.82, 2.24) is 5.32 Å². The van der Waals surface area contributed by atoms with Crippen LogP contribution in [0.2, 0.25) is 0 Å². The summed E-state index contributed by atoms with van der Waals surface area (Å²) < 4.78 is 15.9. The van der Waals surface area contributed by atoms with Gasteiger partial charge in [-0.3, -0.25) is 4.79 Å². The Morgan fingerprint density at radius 1 is 1.30 bits per heavy atom. The molecule has 126 valence electrons. The number of carboxylic acids is 1. The first kappa shape index (κ1) is 17.2. The number of ether oxygens (including phenoxy) is 3. The van der Waals surface area contributed by atoms with E-state index < -0.39 is 5.97 Å². The molecule has 1 aromatic carbocycles. The summed E-state index contributed by atoms with van der Waals surface area (Å²) in [4.78, 5) is 22.1. The van der Waals surface area contributed by atoms with Crippen LogP contribution in [-0.4, -0.2) is 56.1 Å². The molecule has 0 saturated carbocycles. The van der Waals surface area contributed by atoms with Crippen LogP contribution >= 0.6 is 0 Å². The Morgan fingerprint density at radius 3 is 2.74 bits per heavy atom. The minimum atomic E-state index is -1.03. The standard InChI is InChI=1S/C16H21NO6/c18-15(19)11-21-9-7-17-16(20)12-3-5-13(6-4-12)23-10-14-2-1-8-22-14/h3-6,14H,1-2,7-11H2,(H,17,20)(H,18,19). The number of hydrogen-bond acceptors (Lipinski definition) is 5. The van der Waals surface area contributed by atoms with Crippen molar-refractivity contribution < 1.29 is 28.9 Å². The quantitative estimate of drug-likeness (QED) is 0.660. The third-order valence-electron chi connectivity index (χ3n) is 3.33. The average Bonchev–Trinajstić information content (AvgIpc) is 3.06. The lowest BCUT2D eigenvalue weighted by molar-refractivity contribution is -0.142. The van der Waals surface area contributed by atoms with Gasteiger partial charge in [0.25, 0.3) is 5.91 Å². The van der Waals surface area contributed by atoms with E-state index in [9.17, 15) is 9.59 Å². The maximum atomic E-state index is 11.9. The molecule has 0 spiro atoms. The molecule has 1 atom stereocenters. The van der Waals surface area contributed by atoms with E-state index in [-0.39, 0.29) is 31.8 Å². The van der Waals surface area contributed by atoms with E-state index in [2.05, 4.69) is 5.32 Å². The molecule has 7 nitrogen and oxygen atoms in total. The van der Waals surface area contributed by atoms with Gasteiger partial charge < -0.3 is 24.6 Å². The number of aliphatic carboxylic acids is 1. The lowest BCUT2D eigenvalue weighted by Crippen LogP contribution is -2.27. The van der Waals surface area contributed by atoms with Crippen molar-refractivity contribution in [2.24, 2.45) is 0 Å². The van der Waals surface area contributed by atoms with E-state index in [1.807, 2.05) is 0 Å². The van der Waals surface area contributed by atoms with E-state index >= 15 is 0 Å². The van der Waals surface area contributed by atoms with Crippen LogP contribution in [0.4, 0.5) is 0 Å². The van der Waals surface area contributed by atoms with Gasteiger partial charge in [-0.25, -0.2) is 4.79 Å². The van der Waals surface area contributed by atoms with Gasteiger partial charge in [0, 0.05) is 18.7 Å². The zero-order valence-corrected chi connectivity index (χ0v) is 12.8. The molecule has 1 fully saturated rings. The summed E-state index contributed by atoms with van der Waals surface area (Å²) in [6.07, 6.45) is 2.25. The van der Waals surface area contributed by atoms with E-state index in [0.29, 0.717) is 17.9 Å². The highest BCUT2D eigenvalue weighted by molar-refractivity contribution is 5.94. The molecule has 2 N–H and O–H groups in total. The van der Waals surface area contributed by atoms with Gasteiger partial charge in [-0.2, -0.15) is 0 Å². The maximum Gasteiger partial charge on any atom is 0.329 e. The van der Waals surface area contributed by atoms with Crippen molar-refractivity contribution in [2.45, 2.75) is 18.9 Å². The zero-order valence-electron chi connectivity index (χ0n) is 12.8. The van der Waals surface area contributed by atoms with Crippen LogP contribution in [0.15, 0.2) is 24.3 Å². The first-order valence-electron chi connectivity index (χ1n) is 7.57. The van der Waals surface area contributed by atoms with Crippen molar-refractivity contribution in [3.8, 4) is 5.75 Å². The van der Waals surface area contributed by atoms with Crippen molar-refractivity contribution >= 4 is 11.9 Å². The highest BCUT2D eigenvalue weighted by Gasteiger charge is 2.16. The fourth-order valence-electron chi connectivity index (χ4n) is 2.17. The number of nitrogens with one attached hydrogen (secondary N) is 1. The van der Waals surface area contributed by atoms with Crippen molar-refractivity contribution in [1.29, 1.82) is 0 Å². The molecule has 0 radical (unpaired) electrons. The number of hydrogen-bond donors (Lipinski definition) is 2. The molecule has 23 heavy (non-hydrogen) atoms. The Morgan fingerprint density at radius 2 is 2.09 bits per heavy atom. The second-order valence-electron chi connectivity index (χ2n) is 5.17. The molecule has 1 unspecified atom stereocenters. The molecule has 1 aliphatic rings. The van der Waals surface area contributed by atoms with Crippen LogP contribution in [0.1, 0.15) is 23.2 Å². The predicted molar refractivity (Wildman–Crippen MR) is 81.7 cm³/mol. The fraction of sp³-hybridized carbons (Fsp3) is 0.500. The van der Waals surface area contributed by atoms with Crippen molar-refractivity contribution in [3.63, 3.8) is 0 Å². The Hall–Kier alpha value is -2.12. The van der Waals surface area contributed by atoms with Crippen LogP contribution in [0, 0.1) is 0 Å². The van der Waals surface area contributed by atoms with E-state index in [0.717, 1.165) is 19.4 Å². The molecule has 1 aliphatic heterocycles. The first-order valence-corrected chi connectivity index (χ1v) is 7.57. The number of carbonyl (C=O) groups is 2. The number of amides is 1. The summed E-state index contributed by atoms with van der Waals surface area (Å²) in [6, 6.07) is 6.84. The molecule has 7 heteroatoms. The van der Waals surface area contributed by atoms with Crippen molar-refractivity contribution in [2.75, 3.05) is 33.0 Å². The minimum absolute atomic E-state index is 0.153. The summed E-state index contributed by atoms with van der Waals surface area (Å²) in [5.74, 6) is -0.577. The van der Waals surface area contributed by atoms with Crippen LogP contribution in [-0.2, 0) is 14.3 Å². The number of rotatable bonds is 9.